The van der Waals surface area contributed by atoms with Crippen LogP contribution >= 0.6 is 0 Å². The lowest BCUT2D eigenvalue weighted by Gasteiger charge is -2.06. The molecule has 156 valence electrons. The molecule has 1 heterocycles. The van der Waals surface area contributed by atoms with Crippen LogP contribution in [0.5, 0.6) is 5.75 Å². The Morgan fingerprint density at radius 1 is 0.875 bits per heavy atom. The number of aryl methyl sites for hydroxylation is 1. The molecular formula is C28H22N2O2. The van der Waals surface area contributed by atoms with E-state index in [1.807, 2.05) is 85.1 Å². The Morgan fingerprint density at radius 3 is 2.47 bits per heavy atom. The van der Waals surface area contributed by atoms with E-state index in [0.717, 1.165) is 44.8 Å². The predicted molar refractivity (Wildman–Crippen MR) is 129 cm³/mol. The molecule has 0 spiro atoms. The fourth-order valence-electron chi connectivity index (χ4n) is 3.46. The van der Waals surface area contributed by atoms with Gasteiger partial charge in [0.25, 0.3) is 0 Å². The molecule has 1 aromatic heterocycles. The summed E-state index contributed by atoms with van der Waals surface area (Å²) >= 11 is 0. The third-order valence-corrected chi connectivity index (χ3v) is 5.24. The summed E-state index contributed by atoms with van der Waals surface area (Å²) in [6.07, 6.45) is 1.84. The summed E-state index contributed by atoms with van der Waals surface area (Å²) in [5.74, 6) is 1.46. The van der Waals surface area contributed by atoms with Crippen molar-refractivity contribution in [2.75, 3.05) is 0 Å². The first-order valence-corrected chi connectivity index (χ1v) is 10.5. The monoisotopic (exact) mass is 418 g/mol. The van der Waals surface area contributed by atoms with Crippen LogP contribution in [0.1, 0.15) is 16.7 Å². The zero-order valence-electron chi connectivity index (χ0n) is 17.7. The van der Waals surface area contributed by atoms with Gasteiger partial charge in [-0.05, 0) is 72.1 Å². The molecule has 0 unspecified atom stereocenters. The number of benzene rings is 4. The number of oxazole rings is 1. The van der Waals surface area contributed by atoms with Crippen molar-refractivity contribution in [1.29, 1.82) is 0 Å². The number of nitrogens with zero attached hydrogens (tertiary/aromatic N) is 2. The van der Waals surface area contributed by atoms with Gasteiger partial charge in [0, 0.05) is 11.8 Å². The van der Waals surface area contributed by atoms with E-state index in [9.17, 15) is 0 Å². The van der Waals surface area contributed by atoms with Crippen LogP contribution in [-0.4, -0.2) is 11.2 Å². The van der Waals surface area contributed by atoms with Gasteiger partial charge in [0.15, 0.2) is 5.58 Å². The average Bonchev–Trinajstić information content (AvgIpc) is 3.26. The first-order valence-electron chi connectivity index (χ1n) is 10.5. The summed E-state index contributed by atoms with van der Waals surface area (Å²) in [6.45, 7) is 2.61. The third-order valence-electron chi connectivity index (χ3n) is 5.24. The highest BCUT2D eigenvalue weighted by Crippen LogP contribution is 2.28. The molecule has 0 aliphatic heterocycles. The molecule has 0 bridgehead atoms. The van der Waals surface area contributed by atoms with Crippen LogP contribution in [0.4, 0.5) is 5.69 Å². The average molecular weight is 418 g/mol. The molecule has 4 heteroatoms. The second-order valence-electron chi connectivity index (χ2n) is 7.59. The molecule has 0 saturated carbocycles. The van der Waals surface area contributed by atoms with Crippen LogP contribution in [0.3, 0.4) is 0 Å². The molecule has 32 heavy (non-hydrogen) atoms. The zero-order valence-corrected chi connectivity index (χ0v) is 17.7. The highest BCUT2D eigenvalue weighted by atomic mass is 16.5. The Morgan fingerprint density at radius 2 is 1.66 bits per heavy atom. The predicted octanol–water partition coefficient (Wildman–Crippen LogP) is 7.13. The van der Waals surface area contributed by atoms with Crippen molar-refractivity contribution in [3.05, 3.63) is 114 Å². The van der Waals surface area contributed by atoms with E-state index in [0.29, 0.717) is 12.5 Å². The van der Waals surface area contributed by atoms with E-state index >= 15 is 0 Å². The second-order valence-corrected chi connectivity index (χ2v) is 7.59. The Bertz CT molecular complexity index is 1370. The van der Waals surface area contributed by atoms with Gasteiger partial charge in [-0.1, -0.05) is 48.5 Å². The largest absolute Gasteiger partial charge is 0.489 e. The number of aliphatic imine (C=N–C) groups is 1. The lowest BCUT2D eigenvalue weighted by atomic mass is 10.1. The number of hydrogen-bond acceptors (Lipinski definition) is 4. The second kappa shape index (κ2) is 8.90. The first-order chi connectivity index (χ1) is 15.7. The smallest absolute Gasteiger partial charge is 0.227 e. The molecule has 0 fully saturated rings. The van der Waals surface area contributed by atoms with Crippen LogP contribution in [0.15, 0.2) is 106 Å². The van der Waals surface area contributed by atoms with Crippen molar-refractivity contribution in [2.24, 2.45) is 4.99 Å². The summed E-state index contributed by atoms with van der Waals surface area (Å²) in [5, 5.41) is 0. The number of aromatic nitrogens is 1. The summed E-state index contributed by atoms with van der Waals surface area (Å²) in [6, 6.07) is 31.9. The fourth-order valence-corrected chi connectivity index (χ4v) is 3.46. The van der Waals surface area contributed by atoms with Crippen molar-refractivity contribution in [1.82, 2.24) is 4.98 Å². The van der Waals surface area contributed by atoms with E-state index in [1.165, 1.54) is 0 Å². The SMILES string of the molecule is Cc1ccccc1-c1nc2cc(N=Cc3ccc(OCc4ccccc4)cc3)ccc2o1. The van der Waals surface area contributed by atoms with E-state index in [2.05, 4.69) is 35.1 Å². The van der Waals surface area contributed by atoms with Gasteiger partial charge < -0.3 is 9.15 Å². The van der Waals surface area contributed by atoms with E-state index < -0.39 is 0 Å². The number of hydrogen-bond donors (Lipinski definition) is 0. The molecule has 0 N–H and O–H groups in total. The minimum atomic E-state index is 0.552. The molecule has 4 aromatic carbocycles. The number of ether oxygens (including phenoxy) is 1. The topological polar surface area (TPSA) is 47.6 Å². The Kier molecular flexibility index (Phi) is 5.50. The molecule has 5 rings (SSSR count). The lowest BCUT2D eigenvalue weighted by Crippen LogP contribution is -1.94. The van der Waals surface area contributed by atoms with Crippen LogP contribution in [0.2, 0.25) is 0 Å². The lowest BCUT2D eigenvalue weighted by molar-refractivity contribution is 0.306. The van der Waals surface area contributed by atoms with Crippen LogP contribution in [-0.2, 0) is 6.61 Å². The molecular weight excluding hydrogens is 396 g/mol. The minimum Gasteiger partial charge on any atom is -0.489 e. The summed E-state index contributed by atoms with van der Waals surface area (Å²) in [5.41, 5.74) is 6.65. The summed E-state index contributed by atoms with van der Waals surface area (Å²) in [4.78, 5) is 9.26. The highest BCUT2D eigenvalue weighted by Gasteiger charge is 2.10. The summed E-state index contributed by atoms with van der Waals surface area (Å²) < 4.78 is 11.8. The van der Waals surface area contributed by atoms with E-state index in [-0.39, 0.29) is 0 Å². The van der Waals surface area contributed by atoms with Gasteiger partial charge in [0.05, 0.1) is 5.69 Å². The van der Waals surface area contributed by atoms with Crippen molar-refractivity contribution >= 4 is 23.0 Å². The molecule has 0 atom stereocenters. The van der Waals surface area contributed by atoms with Crippen molar-refractivity contribution in [3.8, 4) is 17.2 Å². The minimum absolute atomic E-state index is 0.552. The molecule has 0 saturated heterocycles. The maximum Gasteiger partial charge on any atom is 0.227 e. The van der Waals surface area contributed by atoms with Crippen LogP contribution < -0.4 is 4.74 Å². The third kappa shape index (κ3) is 4.44. The van der Waals surface area contributed by atoms with Gasteiger partial charge in [0.1, 0.15) is 17.9 Å². The summed E-state index contributed by atoms with van der Waals surface area (Å²) in [7, 11) is 0. The van der Waals surface area contributed by atoms with Crippen LogP contribution in [0, 0.1) is 6.92 Å². The van der Waals surface area contributed by atoms with Gasteiger partial charge in [-0.2, -0.15) is 0 Å². The van der Waals surface area contributed by atoms with Gasteiger partial charge in [-0.3, -0.25) is 4.99 Å². The van der Waals surface area contributed by atoms with E-state index in [1.54, 1.807) is 0 Å². The van der Waals surface area contributed by atoms with Gasteiger partial charge in [-0.15, -0.1) is 0 Å². The van der Waals surface area contributed by atoms with Gasteiger partial charge >= 0.3 is 0 Å². The van der Waals surface area contributed by atoms with Gasteiger partial charge in [0.2, 0.25) is 5.89 Å². The molecule has 4 nitrogen and oxygen atoms in total. The Balaban J connectivity index is 1.28. The quantitative estimate of drug-likeness (QED) is 0.276. The first kappa shape index (κ1) is 19.8. The Hall–Kier alpha value is -4.18. The van der Waals surface area contributed by atoms with Crippen molar-refractivity contribution in [2.45, 2.75) is 13.5 Å². The molecule has 5 aromatic rings. The van der Waals surface area contributed by atoms with Gasteiger partial charge in [-0.25, -0.2) is 4.98 Å². The normalized spacial score (nSPS) is 11.3. The zero-order chi connectivity index (χ0) is 21.8. The van der Waals surface area contributed by atoms with Crippen molar-refractivity contribution < 1.29 is 9.15 Å². The number of rotatable bonds is 6. The maximum atomic E-state index is 5.94. The maximum absolute atomic E-state index is 5.94. The molecule has 0 aliphatic rings. The Labute approximate surface area is 186 Å². The van der Waals surface area contributed by atoms with E-state index in [4.69, 9.17) is 9.15 Å². The molecule has 0 radical (unpaired) electrons. The van der Waals surface area contributed by atoms with Crippen molar-refractivity contribution in [3.63, 3.8) is 0 Å². The molecule has 0 amide bonds. The van der Waals surface area contributed by atoms with Crippen LogP contribution in [0.25, 0.3) is 22.6 Å². The molecule has 0 aliphatic carbocycles. The fraction of sp³-hybridized carbons (Fsp3) is 0.0714. The standard InChI is InChI=1S/C28H22N2O2/c1-20-7-5-6-10-25(20)28-30-26-17-23(13-16-27(26)32-28)29-18-21-11-14-24(15-12-21)31-19-22-8-3-2-4-9-22/h2-18H,19H2,1H3. The number of fused-ring (bicyclic) bond motifs is 1. The highest BCUT2D eigenvalue weighted by molar-refractivity contribution is 5.85.